The number of benzene rings is 2. The van der Waals surface area contributed by atoms with Gasteiger partial charge in [0, 0.05) is 0 Å². The first-order valence-electron chi connectivity index (χ1n) is 8.82. The van der Waals surface area contributed by atoms with Crippen LogP contribution in [-0.4, -0.2) is 12.7 Å². The van der Waals surface area contributed by atoms with Crippen LogP contribution in [-0.2, 0) is 4.74 Å². The molecule has 1 saturated carbocycles. The van der Waals surface area contributed by atoms with Crippen molar-refractivity contribution in [3.05, 3.63) is 60.2 Å². The molecule has 0 aromatic heterocycles. The molecular weight excluding hydrogens is 298 g/mol. The Morgan fingerprint density at radius 3 is 2.25 bits per heavy atom. The van der Waals surface area contributed by atoms with Crippen LogP contribution < -0.4 is 4.90 Å². The Morgan fingerprint density at radius 1 is 0.958 bits per heavy atom. The van der Waals surface area contributed by atoms with Gasteiger partial charge in [0.2, 0.25) is 0 Å². The summed E-state index contributed by atoms with van der Waals surface area (Å²) >= 11 is 0. The van der Waals surface area contributed by atoms with Gasteiger partial charge in [-0.3, -0.25) is 0 Å². The van der Waals surface area contributed by atoms with E-state index in [2.05, 4.69) is 0 Å². The Kier molecular flexibility index (Phi) is 5.52. The van der Waals surface area contributed by atoms with Crippen LogP contribution in [0.25, 0.3) is 0 Å². The Bertz CT molecular complexity index is 645. The summed E-state index contributed by atoms with van der Waals surface area (Å²) in [6.07, 6.45) is 5.86. The zero-order valence-corrected chi connectivity index (χ0v) is 14.3. The van der Waals surface area contributed by atoms with E-state index in [1.165, 1.54) is 37.7 Å². The lowest BCUT2D eigenvalue weighted by Crippen LogP contribution is -2.29. The fourth-order valence-corrected chi connectivity index (χ4v) is 3.24. The number of hydrogen-bond donors (Lipinski definition) is 0. The van der Waals surface area contributed by atoms with Crippen molar-refractivity contribution in [2.45, 2.75) is 39.0 Å². The summed E-state index contributed by atoms with van der Waals surface area (Å²) in [7, 11) is 0. The molecule has 1 amide bonds. The van der Waals surface area contributed by atoms with Crippen molar-refractivity contribution in [3.63, 3.8) is 0 Å². The van der Waals surface area contributed by atoms with E-state index in [0.29, 0.717) is 12.5 Å². The first-order chi connectivity index (χ1) is 11.7. The van der Waals surface area contributed by atoms with Crippen LogP contribution in [0.4, 0.5) is 16.2 Å². The highest BCUT2D eigenvalue weighted by molar-refractivity contribution is 5.95. The minimum Gasteiger partial charge on any atom is -0.449 e. The molecule has 3 rings (SSSR count). The van der Waals surface area contributed by atoms with Crippen LogP contribution in [0.1, 0.15) is 37.7 Å². The summed E-state index contributed by atoms with van der Waals surface area (Å²) in [6, 6.07) is 17.6. The molecule has 126 valence electrons. The largest absolute Gasteiger partial charge is 0.449 e. The highest BCUT2D eigenvalue weighted by Gasteiger charge is 2.22. The first kappa shape index (κ1) is 16.6. The van der Waals surface area contributed by atoms with E-state index in [1.54, 1.807) is 4.90 Å². The zero-order valence-electron chi connectivity index (χ0n) is 14.3. The minimum absolute atomic E-state index is 0.296. The van der Waals surface area contributed by atoms with E-state index in [4.69, 9.17) is 4.74 Å². The molecule has 3 heteroatoms. The monoisotopic (exact) mass is 323 g/mol. The third kappa shape index (κ3) is 4.16. The third-order valence-electron chi connectivity index (χ3n) is 4.66. The maximum atomic E-state index is 12.8. The summed E-state index contributed by atoms with van der Waals surface area (Å²) in [5.74, 6) is 0.512. The number of hydrogen-bond acceptors (Lipinski definition) is 2. The van der Waals surface area contributed by atoms with E-state index in [-0.39, 0.29) is 6.09 Å². The van der Waals surface area contributed by atoms with Gasteiger partial charge in [-0.1, -0.05) is 55.2 Å². The molecule has 0 heterocycles. The number of anilines is 2. The molecule has 0 spiro atoms. The molecule has 0 aliphatic heterocycles. The lowest BCUT2D eigenvalue weighted by atomic mass is 9.90. The van der Waals surface area contributed by atoms with Gasteiger partial charge in [0.15, 0.2) is 0 Å². The van der Waals surface area contributed by atoms with Gasteiger partial charge in [0.05, 0.1) is 18.0 Å². The second kappa shape index (κ2) is 8.00. The summed E-state index contributed by atoms with van der Waals surface area (Å²) in [6.45, 7) is 2.56. The predicted molar refractivity (Wildman–Crippen MR) is 97.7 cm³/mol. The third-order valence-corrected chi connectivity index (χ3v) is 4.66. The van der Waals surface area contributed by atoms with Gasteiger partial charge in [-0.15, -0.1) is 0 Å². The molecule has 1 aliphatic carbocycles. The van der Waals surface area contributed by atoms with Gasteiger partial charge < -0.3 is 4.74 Å². The number of para-hydroxylation sites is 1. The number of rotatable bonds is 4. The lowest BCUT2D eigenvalue weighted by Gasteiger charge is -2.25. The van der Waals surface area contributed by atoms with Crippen molar-refractivity contribution in [2.24, 2.45) is 5.92 Å². The van der Waals surface area contributed by atoms with Crippen LogP contribution >= 0.6 is 0 Å². The number of carbonyl (C=O) groups excluding carboxylic acids is 1. The Hall–Kier alpha value is -2.29. The molecular formula is C21H25NO2. The lowest BCUT2D eigenvalue weighted by molar-refractivity contribution is 0.124. The van der Waals surface area contributed by atoms with E-state index >= 15 is 0 Å². The number of amides is 1. The fraction of sp³-hybridized carbons (Fsp3) is 0.381. The van der Waals surface area contributed by atoms with E-state index in [9.17, 15) is 4.79 Å². The van der Waals surface area contributed by atoms with Gasteiger partial charge >= 0.3 is 6.09 Å². The van der Waals surface area contributed by atoms with Crippen molar-refractivity contribution < 1.29 is 9.53 Å². The highest BCUT2D eigenvalue weighted by Crippen LogP contribution is 2.28. The molecule has 0 bridgehead atoms. The SMILES string of the molecule is Cc1ccc(N(C(=O)OCC2CCCCC2)c2ccccc2)cc1. The van der Waals surface area contributed by atoms with Crippen molar-refractivity contribution in [2.75, 3.05) is 11.5 Å². The van der Waals surface area contributed by atoms with E-state index in [0.717, 1.165) is 11.4 Å². The normalized spacial score (nSPS) is 15.0. The van der Waals surface area contributed by atoms with Crippen molar-refractivity contribution in [3.8, 4) is 0 Å². The predicted octanol–water partition coefficient (Wildman–Crippen LogP) is 5.85. The second-order valence-electron chi connectivity index (χ2n) is 6.59. The number of aryl methyl sites for hydroxylation is 1. The Balaban J connectivity index is 1.76. The van der Waals surface area contributed by atoms with Crippen molar-refractivity contribution in [1.82, 2.24) is 0 Å². The molecule has 0 saturated heterocycles. The molecule has 2 aromatic carbocycles. The van der Waals surface area contributed by atoms with Crippen LogP contribution in [0.5, 0.6) is 0 Å². The maximum absolute atomic E-state index is 12.8. The smallest absolute Gasteiger partial charge is 0.418 e. The van der Waals surface area contributed by atoms with Gasteiger partial charge in [-0.2, -0.15) is 0 Å². The van der Waals surface area contributed by atoms with Crippen LogP contribution in [0.15, 0.2) is 54.6 Å². The Labute approximate surface area is 144 Å². The number of nitrogens with zero attached hydrogens (tertiary/aromatic N) is 1. The number of carbonyl (C=O) groups is 1. The zero-order chi connectivity index (χ0) is 16.8. The molecule has 1 aliphatic rings. The average Bonchev–Trinajstić information content (AvgIpc) is 2.64. The summed E-state index contributed by atoms with van der Waals surface area (Å²) in [5.41, 5.74) is 2.83. The molecule has 24 heavy (non-hydrogen) atoms. The minimum atomic E-state index is -0.296. The molecule has 0 N–H and O–H groups in total. The second-order valence-corrected chi connectivity index (χ2v) is 6.59. The van der Waals surface area contributed by atoms with Crippen LogP contribution in [0.2, 0.25) is 0 Å². The standard InChI is InChI=1S/C21H25NO2/c1-17-12-14-20(15-13-17)22(19-10-6-3-7-11-19)21(23)24-16-18-8-4-2-5-9-18/h3,6-7,10-15,18H,2,4-5,8-9,16H2,1H3. The van der Waals surface area contributed by atoms with Crippen molar-refractivity contribution >= 4 is 17.5 Å². The quantitative estimate of drug-likeness (QED) is 0.706. The molecule has 2 aromatic rings. The average molecular weight is 323 g/mol. The van der Waals surface area contributed by atoms with Crippen LogP contribution in [0.3, 0.4) is 0 Å². The van der Waals surface area contributed by atoms with E-state index < -0.39 is 0 Å². The van der Waals surface area contributed by atoms with Crippen molar-refractivity contribution in [1.29, 1.82) is 0 Å². The molecule has 0 unspecified atom stereocenters. The molecule has 0 atom stereocenters. The number of ether oxygens (including phenoxy) is 1. The van der Waals surface area contributed by atoms with Gasteiger partial charge in [-0.25, -0.2) is 9.69 Å². The summed E-state index contributed by atoms with van der Waals surface area (Å²) < 4.78 is 5.67. The maximum Gasteiger partial charge on any atom is 0.418 e. The Morgan fingerprint density at radius 2 is 1.58 bits per heavy atom. The van der Waals surface area contributed by atoms with Gasteiger partial charge in [-0.05, 0) is 49.9 Å². The highest BCUT2D eigenvalue weighted by atomic mass is 16.6. The molecule has 1 fully saturated rings. The van der Waals surface area contributed by atoms with Gasteiger partial charge in [0.25, 0.3) is 0 Å². The topological polar surface area (TPSA) is 29.5 Å². The first-order valence-corrected chi connectivity index (χ1v) is 8.82. The molecule has 0 radical (unpaired) electrons. The van der Waals surface area contributed by atoms with Crippen LogP contribution in [0, 0.1) is 12.8 Å². The van der Waals surface area contributed by atoms with E-state index in [1.807, 2.05) is 61.5 Å². The molecule has 3 nitrogen and oxygen atoms in total. The summed E-state index contributed by atoms with van der Waals surface area (Å²) in [5, 5.41) is 0. The fourth-order valence-electron chi connectivity index (χ4n) is 3.24. The summed E-state index contributed by atoms with van der Waals surface area (Å²) in [4.78, 5) is 14.4. The van der Waals surface area contributed by atoms with Gasteiger partial charge in [0.1, 0.15) is 0 Å².